The zero-order chi connectivity index (χ0) is 40.7. The molecule has 10 rings (SSSR count). The van der Waals surface area contributed by atoms with Crippen molar-refractivity contribution in [3.05, 3.63) is 233 Å². The Balaban J connectivity index is 1.12. The van der Waals surface area contributed by atoms with E-state index in [-0.39, 0.29) is 5.92 Å². The second-order valence-electron chi connectivity index (χ2n) is 16.0. The van der Waals surface area contributed by atoms with Crippen LogP contribution in [0.5, 0.6) is 0 Å². The van der Waals surface area contributed by atoms with Crippen molar-refractivity contribution in [3.63, 3.8) is 0 Å². The highest BCUT2D eigenvalue weighted by molar-refractivity contribution is 5.87. The van der Waals surface area contributed by atoms with Crippen molar-refractivity contribution in [3.8, 4) is 55.9 Å². The standard InChI is InChI=1S/C57H45N3/c1-37-29-45(56-50-27-13-11-25-48(50)49-26-12-14-28-51(49)56)30-38(2)57(37)60(46-23-15-21-43(31-46)54-33-52(39(3)35-58-54)41-17-7-5-8-18-41)47-24-16-22-44(32-47)55-34-53(40(4)36-59-55)42-19-9-6-10-20-42/h5-36,56H,1-4H3. The monoisotopic (exact) mass is 771 g/mol. The Bertz CT molecular complexity index is 2840. The third-order valence-electron chi connectivity index (χ3n) is 12.1. The van der Waals surface area contributed by atoms with Gasteiger partial charge in [-0.15, -0.1) is 0 Å². The van der Waals surface area contributed by atoms with E-state index in [9.17, 15) is 0 Å². The molecule has 0 spiro atoms. The average Bonchev–Trinajstić information content (AvgIpc) is 3.63. The molecule has 0 saturated heterocycles. The summed E-state index contributed by atoms with van der Waals surface area (Å²) in [5.74, 6) is 0.168. The second kappa shape index (κ2) is 15.4. The molecule has 3 heteroatoms. The quantitative estimate of drug-likeness (QED) is 0.154. The van der Waals surface area contributed by atoms with Crippen LogP contribution in [0.25, 0.3) is 55.9 Å². The van der Waals surface area contributed by atoms with E-state index in [0.717, 1.165) is 50.7 Å². The average molecular weight is 772 g/mol. The summed E-state index contributed by atoms with van der Waals surface area (Å²) in [6, 6.07) is 65.9. The van der Waals surface area contributed by atoms with Crippen LogP contribution >= 0.6 is 0 Å². The molecule has 0 unspecified atom stereocenters. The first-order valence-corrected chi connectivity index (χ1v) is 20.8. The Hall–Kier alpha value is -7.36. The van der Waals surface area contributed by atoms with Crippen LogP contribution in [0.3, 0.4) is 0 Å². The first-order valence-electron chi connectivity index (χ1n) is 20.8. The normalized spacial score (nSPS) is 11.9. The second-order valence-corrected chi connectivity index (χ2v) is 16.0. The summed E-state index contributed by atoms with van der Waals surface area (Å²) in [6.45, 7) is 8.79. The van der Waals surface area contributed by atoms with Gasteiger partial charge in [-0.25, -0.2) is 0 Å². The van der Waals surface area contributed by atoms with Gasteiger partial charge in [0.15, 0.2) is 0 Å². The van der Waals surface area contributed by atoms with E-state index < -0.39 is 0 Å². The fourth-order valence-corrected chi connectivity index (χ4v) is 9.26. The molecule has 288 valence electrons. The lowest BCUT2D eigenvalue weighted by Crippen LogP contribution is -2.14. The van der Waals surface area contributed by atoms with Gasteiger partial charge in [0.2, 0.25) is 0 Å². The number of nitrogens with zero attached hydrogens (tertiary/aromatic N) is 3. The Morgan fingerprint density at radius 1 is 0.367 bits per heavy atom. The van der Waals surface area contributed by atoms with E-state index in [0.29, 0.717) is 0 Å². The van der Waals surface area contributed by atoms with Crippen molar-refractivity contribution in [2.75, 3.05) is 4.90 Å². The zero-order valence-electron chi connectivity index (χ0n) is 34.4. The van der Waals surface area contributed by atoms with E-state index in [1.54, 1.807) is 0 Å². The number of hydrogen-bond donors (Lipinski definition) is 0. The molecule has 0 amide bonds. The Kier molecular flexibility index (Phi) is 9.50. The molecule has 2 aromatic heterocycles. The van der Waals surface area contributed by atoms with Crippen LogP contribution in [0.15, 0.2) is 194 Å². The molecule has 9 aromatic rings. The summed E-state index contributed by atoms with van der Waals surface area (Å²) >= 11 is 0. The fraction of sp³-hybridized carbons (Fsp3) is 0.0877. The molecule has 60 heavy (non-hydrogen) atoms. The molecule has 0 bridgehead atoms. The summed E-state index contributed by atoms with van der Waals surface area (Å²) in [4.78, 5) is 12.4. The summed E-state index contributed by atoms with van der Waals surface area (Å²) in [7, 11) is 0. The Morgan fingerprint density at radius 3 is 1.25 bits per heavy atom. The number of aryl methyl sites for hydroxylation is 4. The molecule has 0 atom stereocenters. The Labute approximate surface area is 353 Å². The van der Waals surface area contributed by atoms with Crippen LogP contribution in [0, 0.1) is 27.7 Å². The van der Waals surface area contributed by atoms with Crippen LogP contribution in [-0.4, -0.2) is 9.97 Å². The van der Waals surface area contributed by atoms with Gasteiger partial charge in [-0.3, -0.25) is 9.97 Å². The van der Waals surface area contributed by atoms with Crippen LogP contribution in [0.2, 0.25) is 0 Å². The number of fused-ring (bicyclic) bond motifs is 3. The predicted octanol–water partition coefficient (Wildman–Crippen LogP) is 15.0. The maximum Gasteiger partial charge on any atom is 0.0709 e. The SMILES string of the molecule is Cc1cnc(-c2cccc(N(c3cccc(-c4cc(-c5ccccc5)c(C)cn4)c3)c3c(C)cc(C4c5ccccc5-c5ccccc54)cc3C)c2)cc1-c1ccccc1. The highest BCUT2D eigenvalue weighted by Gasteiger charge is 2.30. The minimum Gasteiger partial charge on any atom is -0.310 e. The summed E-state index contributed by atoms with van der Waals surface area (Å²) in [6.07, 6.45) is 3.99. The van der Waals surface area contributed by atoms with Crippen LogP contribution in [-0.2, 0) is 0 Å². The van der Waals surface area contributed by atoms with Crippen molar-refractivity contribution in [1.29, 1.82) is 0 Å². The van der Waals surface area contributed by atoms with E-state index >= 15 is 0 Å². The molecule has 0 aliphatic heterocycles. The van der Waals surface area contributed by atoms with Gasteiger partial charge in [-0.1, -0.05) is 146 Å². The maximum absolute atomic E-state index is 4.98. The third kappa shape index (κ3) is 6.68. The lowest BCUT2D eigenvalue weighted by atomic mass is 9.87. The fourth-order valence-electron chi connectivity index (χ4n) is 9.26. The van der Waals surface area contributed by atoms with E-state index in [4.69, 9.17) is 9.97 Å². The molecule has 0 radical (unpaired) electrons. The highest BCUT2D eigenvalue weighted by Crippen LogP contribution is 2.50. The molecule has 0 fully saturated rings. The van der Waals surface area contributed by atoms with E-state index in [1.807, 2.05) is 12.4 Å². The first-order chi connectivity index (χ1) is 29.4. The van der Waals surface area contributed by atoms with Crippen molar-refractivity contribution in [2.24, 2.45) is 0 Å². The number of anilines is 3. The molecular formula is C57H45N3. The molecule has 1 aliphatic rings. The minimum absolute atomic E-state index is 0.168. The van der Waals surface area contributed by atoms with Crippen molar-refractivity contribution in [1.82, 2.24) is 9.97 Å². The van der Waals surface area contributed by atoms with Gasteiger partial charge in [-0.2, -0.15) is 0 Å². The lowest BCUT2D eigenvalue weighted by molar-refractivity contribution is 1.00. The number of pyridine rings is 2. The minimum atomic E-state index is 0.168. The number of rotatable bonds is 8. The number of hydrogen-bond acceptors (Lipinski definition) is 3. The first kappa shape index (κ1) is 36.9. The van der Waals surface area contributed by atoms with E-state index in [1.165, 1.54) is 61.2 Å². The van der Waals surface area contributed by atoms with Crippen molar-refractivity contribution in [2.45, 2.75) is 33.6 Å². The highest BCUT2D eigenvalue weighted by atomic mass is 15.1. The van der Waals surface area contributed by atoms with Crippen molar-refractivity contribution >= 4 is 17.1 Å². The Morgan fingerprint density at radius 2 is 0.783 bits per heavy atom. The van der Waals surface area contributed by atoms with Crippen LogP contribution in [0.4, 0.5) is 17.1 Å². The predicted molar refractivity (Wildman–Crippen MR) is 250 cm³/mol. The number of benzene rings is 7. The van der Waals surface area contributed by atoms with Gasteiger partial charge < -0.3 is 4.90 Å². The molecular weight excluding hydrogens is 727 g/mol. The number of aromatic nitrogens is 2. The lowest BCUT2D eigenvalue weighted by Gasteiger charge is -2.30. The van der Waals surface area contributed by atoms with Gasteiger partial charge in [0.05, 0.1) is 17.1 Å². The molecule has 0 saturated carbocycles. The molecule has 3 nitrogen and oxygen atoms in total. The van der Waals surface area contributed by atoms with Gasteiger partial charge in [0.1, 0.15) is 0 Å². The largest absolute Gasteiger partial charge is 0.310 e. The summed E-state index contributed by atoms with van der Waals surface area (Å²) in [5.41, 5.74) is 23.4. The molecule has 0 N–H and O–H groups in total. The van der Waals surface area contributed by atoms with Gasteiger partial charge in [-0.05, 0) is 136 Å². The van der Waals surface area contributed by atoms with Gasteiger partial charge in [0.25, 0.3) is 0 Å². The van der Waals surface area contributed by atoms with Crippen molar-refractivity contribution < 1.29 is 0 Å². The molecule has 1 aliphatic carbocycles. The summed E-state index contributed by atoms with van der Waals surface area (Å²) < 4.78 is 0. The molecule has 2 heterocycles. The topological polar surface area (TPSA) is 29.0 Å². The van der Waals surface area contributed by atoms with Gasteiger partial charge >= 0.3 is 0 Å². The third-order valence-corrected chi connectivity index (χ3v) is 12.1. The maximum atomic E-state index is 4.98. The van der Waals surface area contributed by atoms with Crippen LogP contribution < -0.4 is 4.90 Å². The molecule has 7 aromatic carbocycles. The van der Waals surface area contributed by atoms with Gasteiger partial charge in [0, 0.05) is 40.8 Å². The van der Waals surface area contributed by atoms with E-state index in [2.05, 4.69) is 215 Å². The smallest absolute Gasteiger partial charge is 0.0709 e. The zero-order valence-corrected chi connectivity index (χ0v) is 34.4. The van der Waals surface area contributed by atoms with Crippen LogP contribution in [0.1, 0.15) is 44.9 Å². The summed E-state index contributed by atoms with van der Waals surface area (Å²) in [5, 5.41) is 0.